The molecule has 2 atom stereocenters. The Bertz CT molecular complexity index is 239. The molecule has 0 heterocycles. The van der Waals surface area contributed by atoms with E-state index in [0.717, 1.165) is 0 Å². The maximum atomic E-state index is 10.7. The molecule has 1 aliphatic rings. The van der Waals surface area contributed by atoms with Gasteiger partial charge in [-0.3, -0.25) is 4.79 Å². The Morgan fingerprint density at radius 2 is 2.08 bits per heavy atom. The standard InChI is InChI=1S/C9H13ClO2/c1-5(10)4-6-7(8(11)12)9(6,2)3/h4,6-7H,1-3H3,(H,11,12)/b5-4-. The third-order valence-electron chi connectivity index (χ3n) is 2.59. The third-order valence-corrected chi connectivity index (χ3v) is 2.71. The highest BCUT2D eigenvalue weighted by Gasteiger charge is 2.60. The normalized spacial score (nSPS) is 33.2. The van der Waals surface area contributed by atoms with Gasteiger partial charge in [-0.1, -0.05) is 31.5 Å². The number of allylic oxidation sites excluding steroid dienone is 2. The van der Waals surface area contributed by atoms with Crippen LogP contribution in [0, 0.1) is 17.3 Å². The first-order valence-corrected chi connectivity index (χ1v) is 4.32. The van der Waals surface area contributed by atoms with E-state index in [-0.39, 0.29) is 17.3 Å². The topological polar surface area (TPSA) is 37.3 Å². The van der Waals surface area contributed by atoms with Crippen LogP contribution < -0.4 is 0 Å². The minimum absolute atomic E-state index is 0.104. The highest BCUT2D eigenvalue weighted by molar-refractivity contribution is 6.29. The molecule has 0 aromatic carbocycles. The van der Waals surface area contributed by atoms with E-state index in [1.165, 1.54) is 0 Å². The molecule has 2 nitrogen and oxygen atoms in total. The van der Waals surface area contributed by atoms with Crippen LogP contribution in [0.25, 0.3) is 0 Å². The third kappa shape index (κ3) is 1.48. The Morgan fingerprint density at radius 3 is 2.33 bits per heavy atom. The van der Waals surface area contributed by atoms with E-state index < -0.39 is 5.97 Å². The molecule has 1 aliphatic carbocycles. The number of carbonyl (C=O) groups is 1. The quantitative estimate of drug-likeness (QED) is 0.723. The predicted molar refractivity (Wildman–Crippen MR) is 48.0 cm³/mol. The summed E-state index contributed by atoms with van der Waals surface area (Å²) in [5, 5.41) is 9.48. The van der Waals surface area contributed by atoms with Crippen molar-refractivity contribution < 1.29 is 9.90 Å². The van der Waals surface area contributed by atoms with Crippen molar-refractivity contribution in [3.63, 3.8) is 0 Å². The van der Waals surface area contributed by atoms with Gasteiger partial charge in [0.25, 0.3) is 0 Å². The van der Waals surface area contributed by atoms with Crippen molar-refractivity contribution in [3.05, 3.63) is 11.1 Å². The molecule has 0 aromatic rings. The summed E-state index contributed by atoms with van der Waals surface area (Å²) < 4.78 is 0. The molecule has 1 fully saturated rings. The molecule has 0 aliphatic heterocycles. The second kappa shape index (κ2) is 2.77. The van der Waals surface area contributed by atoms with E-state index in [1.807, 2.05) is 19.9 Å². The van der Waals surface area contributed by atoms with Crippen LogP contribution >= 0.6 is 11.6 Å². The number of hydrogen-bond donors (Lipinski definition) is 1. The van der Waals surface area contributed by atoms with Crippen LogP contribution in [0.3, 0.4) is 0 Å². The molecule has 0 amide bonds. The summed E-state index contributed by atoms with van der Waals surface area (Å²) >= 11 is 5.68. The number of aliphatic carboxylic acids is 1. The summed E-state index contributed by atoms with van der Waals surface area (Å²) in [6, 6.07) is 0. The zero-order chi connectivity index (χ0) is 9.52. The van der Waals surface area contributed by atoms with Gasteiger partial charge in [-0.25, -0.2) is 0 Å². The van der Waals surface area contributed by atoms with Crippen molar-refractivity contribution in [2.24, 2.45) is 17.3 Å². The Kier molecular flexibility index (Phi) is 2.21. The first kappa shape index (κ1) is 9.59. The fourth-order valence-electron chi connectivity index (χ4n) is 1.71. The Morgan fingerprint density at radius 1 is 1.58 bits per heavy atom. The molecule has 1 saturated carbocycles. The van der Waals surface area contributed by atoms with E-state index >= 15 is 0 Å². The van der Waals surface area contributed by atoms with Gasteiger partial charge in [-0.15, -0.1) is 0 Å². The molecular formula is C9H13ClO2. The molecule has 0 radical (unpaired) electrons. The molecule has 0 aromatic heterocycles. The lowest BCUT2D eigenvalue weighted by Gasteiger charge is -1.96. The molecule has 1 N–H and O–H groups in total. The van der Waals surface area contributed by atoms with E-state index in [1.54, 1.807) is 6.92 Å². The molecule has 12 heavy (non-hydrogen) atoms. The van der Waals surface area contributed by atoms with Crippen LogP contribution in [0.1, 0.15) is 20.8 Å². The van der Waals surface area contributed by atoms with Gasteiger partial charge in [0.15, 0.2) is 0 Å². The van der Waals surface area contributed by atoms with Crippen molar-refractivity contribution in [2.45, 2.75) is 20.8 Å². The summed E-state index contributed by atoms with van der Waals surface area (Å²) in [6.07, 6.45) is 1.83. The monoisotopic (exact) mass is 188 g/mol. The van der Waals surface area contributed by atoms with Crippen LogP contribution in [-0.2, 0) is 4.79 Å². The molecule has 0 saturated heterocycles. The van der Waals surface area contributed by atoms with Gasteiger partial charge in [0, 0.05) is 5.03 Å². The van der Waals surface area contributed by atoms with Gasteiger partial charge >= 0.3 is 5.97 Å². The largest absolute Gasteiger partial charge is 0.481 e. The Balaban J connectivity index is 2.73. The number of carboxylic acids is 1. The van der Waals surface area contributed by atoms with Crippen LogP contribution in [0.5, 0.6) is 0 Å². The smallest absolute Gasteiger partial charge is 0.307 e. The van der Waals surface area contributed by atoms with Gasteiger partial charge in [-0.05, 0) is 18.3 Å². The predicted octanol–water partition coefficient (Wildman–Crippen LogP) is 2.49. The van der Waals surface area contributed by atoms with Crippen LogP contribution in [0.15, 0.2) is 11.1 Å². The van der Waals surface area contributed by atoms with Gasteiger partial charge < -0.3 is 5.11 Å². The SMILES string of the molecule is C/C(Cl)=C/C1C(C(=O)O)C1(C)C. The van der Waals surface area contributed by atoms with E-state index in [2.05, 4.69) is 0 Å². The maximum Gasteiger partial charge on any atom is 0.307 e. The number of hydrogen-bond acceptors (Lipinski definition) is 1. The average Bonchev–Trinajstić information content (AvgIpc) is 2.32. The fraction of sp³-hybridized carbons (Fsp3) is 0.667. The second-order valence-electron chi connectivity index (χ2n) is 3.92. The Hall–Kier alpha value is -0.500. The van der Waals surface area contributed by atoms with Crippen molar-refractivity contribution >= 4 is 17.6 Å². The van der Waals surface area contributed by atoms with E-state index in [9.17, 15) is 4.79 Å². The van der Waals surface area contributed by atoms with Crippen LogP contribution in [0.4, 0.5) is 0 Å². The lowest BCUT2D eigenvalue weighted by Crippen LogP contribution is -2.02. The first-order valence-electron chi connectivity index (χ1n) is 3.94. The minimum atomic E-state index is -0.723. The highest BCUT2D eigenvalue weighted by Crippen LogP contribution is 2.59. The summed E-state index contributed by atoms with van der Waals surface area (Å²) in [4.78, 5) is 10.7. The molecule has 0 spiro atoms. The Labute approximate surface area is 77.2 Å². The van der Waals surface area contributed by atoms with Crippen molar-refractivity contribution in [1.29, 1.82) is 0 Å². The second-order valence-corrected chi connectivity index (χ2v) is 4.51. The highest BCUT2D eigenvalue weighted by atomic mass is 35.5. The van der Waals surface area contributed by atoms with Crippen LogP contribution in [0.2, 0.25) is 0 Å². The number of carboxylic acid groups (broad SMARTS) is 1. The van der Waals surface area contributed by atoms with Crippen molar-refractivity contribution in [2.75, 3.05) is 0 Å². The maximum absolute atomic E-state index is 10.7. The molecule has 1 rings (SSSR count). The molecule has 68 valence electrons. The van der Waals surface area contributed by atoms with Crippen molar-refractivity contribution in [1.82, 2.24) is 0 Å². The average molecular weight is 189 g/mol. The van der Waals surface area contributed by atoms with Gasteiger partial charge in [0.05, 0.1) is 5.92 Å². The number of halogens is 1. The molecule has 2 unspecified atom stereocenters. The van der Waals surface area contributed by atoms with Crippen LogP contribution in [-0.4, -0.2) is 11.1 Å². The zero-order valence-electron chi connectivity index (χ0n) is 7.47. The van der Waals surface area contributed by atoms with Gasteiger partial charge in [0.1, 0.15) is 0 Å². The molecule has 3 heteroatoms. The number of rotatable bonds is 2. The van der Waals surface area contributed by atoms with Crippen molar-refractivity contribution in [3.8, 4) is 0 Å². The summed E-state index contributed by atoms with van der Waals surface area (Å²) in [5.74, 6) is -0.877. The lowest BCUT2D eigenvalue weighted by molar-refractivity contribution is -0.139. The zero-order valence-corrected chi connectivity index (χ0v) is 8.22. The lowest BCUT2D eigenvalue weighted by atomic mass is 10.1. The summed E-state index contributed by atoms with van der Waals surface area (Å²) in [5.41, 5.74) is -0.123. The van der Waals surface area contributed by atoms with E-state index in [0.29, 0.717) is 5.03 Å². The fourth-order valence-corrected chi connectivity index (χ4v) is 1.84. The van der Waals surface area contributed by atoms with E-state index in [4.69, 9.17) is 16.7 Å². The molecule has 0 bridgehead atoms. The van der Waals surface area contributed by atoms with Gasteiger partial charge in [0.2, 0.25) is 0 Å². The minimum Gasteiger partial charge on any atom is -0.481 e. The molecular weight excluding hydrogens is 176 g/mol. The first-order chi connectivity index (χ1) is 5.37. The van der Waals surface area contributed by atoms with Gasteiger partial charge in [-0.2, -0.15) is 0 Å². The summed E-state index contributed by atoms with van der Waals surface area (Å²) in [7, 11) is 0. The summed E-state index contributed by atoms with van der Waals surface area (Å²) in [6.45, 7) is 5.68.